The SMILES string of the molecule is NC(=O)CCC(NC(=O)C(CC(=O)O)NC(=O)CNC(=O)C(N)CS)C(=O)O. The summed E-state index contributed by atoms with van der Waals surface area (Å²) in [7, 11) is 0. The highest BCUT2D eigenvalue weighted by atomic mass is 32.1. The summed E-state index contributed by atoms with van der Waals surface area (Å²) >= 11 is 3.82. The van der Waals surface area contributed by atoms with Gasteiger partial charge in [0.2, 0.25) is 23.6 Å². The summed E-state index contributed by atoms with van der Waals surface area (Å²) in [5.74, 6) is -6.34. The fraction of sp³-hybridized carbons (Fsp3) is 0.571. The number of thiol groups is 1. The van der Waals surface area contributed by atoms with Gasteiger partial charge in [-0.15, -0.1) is 0 Å². The van der Waals surface area contributed by atoms with E-state index in [0.29, 0.717) is 0 Å². The molecule has 158 valence electrons. The van der Waals surface area contributed by atoms with Crippen LogP contribution in [0.5, 0.6) is 0 Å². The first-order valence-corrected chi connectivity index (χ1v) is 8.57. The number of carboxylic acids is 2. The van der Waals surface area contributed by atoms with E-state index in [1.165, 1.54) is 0 Å². The van der Waals surface area contributed by atoms with E-state index in [9.17, 15) is 28.8 Å². The zero-order chi connectivity index (χ0) is 21.9. The Balaban J connectivity index is 4.94. The van der Waals surface area contributed by atoms with Crippen LogP contribution in [0.3, 0.4) is 0 Å². The predicted molar refractivity (Wildman–Crippen MR) is 97.0 cm³/mol. The van der Waals surface area contributed by atoms with E-state index in [0.717, 1.165) is 0 Å². The zero-order valence-electron chi connectivity index (χ0n) is 14.7. The molecule has 13 nitrogen and oxygen atoms in total. The third-order valence-corrected chi connectivity index (χ3v) is 3.67. The lowest BCUT2D eigenvalue weighted by Crippen LogP contribution is -2.54. The van der Waals surface area contributed by atoms with Gasteiger partial charge in [-0.2, -0.15) is 12.6 Å². The molecule has 4 amide bonds. The summed E-state index contributed by atoms with van der Waals surface area (Å²) in [5, 5.41) is 24.2. The molecule has 0 aromatic rings. The van der Waals surface area contributed by atoms with Crippen molar-refractivity contribution in [3.63, 3.8) is 0 Å². The number of carbonyl (C=O) groups excluding carboxylic acids is 4. The number of aliphatic carboxylic acids is 2. The monoisotopic (exact) mass is 421 g/mol. The molecule has 0 heterocycles. The van der Waals surface area contributed by atoms with Crippen molar-refractivity contribution in [2.75, 3.05) is 12.3 Å². The Hall–Kier alpha value is -2.87. The highest BCUT2D eigenvalue weighted by molar-refractivity contribution is 7.80. The van der Waals surface area contributed by atoms with E-state index in [-0.39, 0.29) is 18.6 Å². The van der Waals surface area contributed by atoms with Crippen LogP contribution in [0.25, 0.3) is 0 Å². The van der Waals surface area contributed by atoms with E-state index < -0.39 is 66.7 Å². The molecule has 0 spiro atoms. The summed E-state index contributed by atoms with van der Waals surface area (Å²) in [5.41, 5.74) is 10.3. The lowest BCUT2D eigenvalue weighted by molar-refractivity contribution is -0.143. The topological polar surface area (TPSA) is 231 Å². The molecule has 0 saturated heterocycles. The van der Waals surface area contributed by atoms with E-state index in [4.69, 9.17) is 21.7 Å². The van der Waals surface area contributed by atoms with E-state index in [1.807, 2.05) is 5.32 Å². The van der Waals surface area contributed by atoms with Crippen LogP contribution >= 0.6 is 12.6 Å². The molecular weight excluding hydrogens is 398 g/mol. The van der Waals surface area contributed by atoms with Gasteiger partial charge < -0.3 is 37.6 Å². The van der Waals surface area contributed by atoms with Crippen molar-refractivity contribution in [2.24, 2.45) is 11.5 Å². The van der Waals surface area contributed by atoms with Gasteiger partial charge in [-0.3, -0.25) is 24.0 Å². The van der Waals surface area contributed by atoms with Gasteiger partial charge in [0.05, 0.1) is 19.0 Å². The molecule has 0 aliphatic rings. The number of nitrogens with two attached hydrogens (primary N) is 2. The first-order chi connectivity index (χ1) is 13.0. The molecule has 0 aromatic carbocycles. The Morgan fingerprint density at radius 2 is 1.57 bits per heavy atom. The molecule has 14 heteroatoms. The number of hydrogen-bond donors (Lipinski definition) is 8. The normalized spacial score (nSPS) is 13.5. The molecular formula is C14H23N5O8S. The van der Waals surface area contributed by atoms with Gasteiger partial charge in [0.1, 0.15) is 12.1 Å². The molecule has 0 aliphatic carbocycles. The zero-order valence-corrected chi connectivity index (χ0v) is 15.6. The van der Waals surface area contributed by atoms with Gasteiger partial charge in [-0.25, -0.2) is 4.79 Å². The fourth-order valence-corrected chi connectivity index (χ4v) is 1.99. The van der Waals surface area contributed by atoms with Crippen molar-refractivity contribution in [3.8, 4) is 0 Å². The van der Waals surface area contributed by atoms with Crippen molar-refractivity contribution in [3.05, 3.63) is 0 Å². The summed E-state index contributed by atoms with van der Waals surface area (Å²) in [4.78, 5) is 68.4. The molecule has 28 heavy (non-hydrogen) atoms. The predicted octanol–water partition coefficient (Wildman–Crippen LogP) is -3.85. The molecule has 3 atom stereocenters. The molecule has 0 saturated carbocycles. The number of carboxylic acid groups (broad SMARTS) is 2. The Morgan fingerprint density at radius 3 is 2.04 bits per heavy atom. The lowest BCUT2D eigenvalue weighted by Gasteiger charge is -2.20. The smallest absolute Gasteiger partial charge is 0.326 e. The highest BCUT2D eigenvalue weighted by Gasteiger charge is 2.28. The fourth-order valence-electron chi connectivity index (χ4n) is 1.83. The lowest BCUT2D eigenvalue weighted by atomic mass is 10.1. The number of carbonyl (C=O) groups is 6. The maximum Gasteiger partial charge on any atom is 0.326 e. The van der Waals surface area contributed by atoms with Crippen molar-refractivity contribution in [1.29, 1.82) is 0 Å². The molecule has 0 aromatic heterocycles. The van der Waals surface area contributed by atoms with Crippen LogP contribution in [0.15, 0.2) is 0 Å². The minimum atomic E-state index is -1.61. The average Bonchev–Trinajstić information content (AvgIpc) is 2.60. The minimum absolute atomic E-state index is 0.0272. The van der Waals surface area contributed by atoms with Gasteiger partial charge in [-0.05, 0) is 6.42 Å². The van der Waals surface area contributed by atoms with Gasteiger partial charge in [0.25, 0.3) is 0 Å². The van der Waals surface area contributed by atoms with Gasteiger partial charge in [-0.1, -0.05) is 0 Å². The summed E-state index contributed by atoms with van der Waals surface area (Å²) in [6.45, 7) is -0.590. The molecule has 9 N–H and O–H groups in total. The second kappa shape index (κ2) is 12.5. The van der Waals surface area contributed by atoms with Gasteiger partial charge in [0, 0.05) is 12.2 Å². The molecule has 0 aliphatic heterocycles. The molecule has 0 bridgehead atoms. The standard InChI is InChI=1S/C14H23N5O8S/c15-6(5-28)12(24)17-4-10(21)18-8(3-11(22)23)13(25)19-7(14(26)27)1-2-9(16)20/h6-8,28H,1-5,15H2,(H2,16,20)(H,17,24)(H,18,21)(H,19,25)(H,22,23)(H,26,27). The van der Waals surface area contributed by atoms with Crippen molar-refractivity contribution < 1.29 is 39.0 Å². The first kappa shape index (κ1) is 25.1. The van der Waals surface area contributed by atoms with Crippen LogP contribution in [0, 0.1) is 0 Å². The van der Waals surface area contributed by atoms with Crippen LogP contribution in [0.4, 0.5) is 0 Å². The molecule has 0 rings (SSSR count). The van der Waals surface area contributed by atoms with Crippen LogP contribution < -0.4 is 27.4 Å². The maximum absolute atomic E-state index is 12.2. The quantitative estimate of drug-likeness (QED) is 0.136. The Kier molecular flexibility index (Phi) is 11.2. The second-order valence-corrected chi connectivity index (χ2v) is 5.99. The Morgan fingerprint density at radius 1 is 0.964 bits per heavy atom. The molecule has 3 unspecified atom stereocenters. The summed E-state index contributed by atoms with van der Waals surface area (Å²) < 4.78 is 0. The van der Waals surface area contributed by atoms with Crippen LogP contribution in [-0.4, -0.2) is 76.2 Å². The Labute approximate surface area is 165 Å². The van der Waals surface area contributed by atoms with Crippen LogP contribution in [0.2, 0.25) is 0 Å². The number of nitrogens with one attached hydrogen (secondary N) is 3. The molecule has 0 fully saturated rings. The number of primary amides is 1. The van der Waals surface area contributed by atoms with Gasteiger partial charge in [0.15, 0.2) is 0 Å². The third-order valence-electron chi connectivity index (χ3n) is 3.28. The second-order valence-electron chi connectivity index (χ2n) is 5.63. The van der Waals surface area contributed by atoms with Crippen molar-refractivity contribution in [1.82, 2.24) is 16.0 Å². The third kappa shape index (κ3) is 10.3. The number of hydrogen-bond acceptors (Lipinski definition) is 8. The van der Waals surface area contributed by atoms with E-state index in [2.05, 4.69) is 23.3 Å². The van der Waals surface area contributed by atoms with Gasteiger partial charge >= 0.3 is 11.9 Å². The summed E-state index contributed by atoms with van der Waals surface area (Å²) in [6.07, 6.45) is -1.49. The number of amides is 4. The largest absolute Gasteiger partial charge is 0.481 e. The Bertz CT molecular complexity index is 629. The van der Waals surface area contributed by atoms with Crippen LogP contribution in [-0.2, 0) is 28.8 Å². The first-order valence-electron chi connectivity index (χ1n) is 7.94. The highest BCUT2D eigenvalue weighted by Crippen LogP contribution is 2.01. The van der Waals surface area contributed by atoms with E-state index in [1.54, 1.807) is 0 Å². The van der Waals surface area contributed by atoms with E-state index >= 15 is 0 Å². The number of rotatable bonds is 13. The average molecular weight is 421 g/mol. The summed E-state index contributed by atoms with van der Waals surface area (Å²) in [6, 6.07) is -4.09. The van der Waals surface area contributed by atoms with Crippen molar-refractivity contribution in [2.45, 2.75) is 37.4 Å². The molecule has 0 radical (unpaired) electrons. The van der Waals surface area contributed by atoms with Crippen molar-refractivity contribution >= 4 is 48.2 Å². The minimum Gasteiger partial charge on any atom is -0.481 e. The van der Waals surface area contributed by atoms with Crippen LogP contribution in [0.1, 0.15) is 19.3 Å². The maximum atomic E-state index is 12.2.